The Morgan fingerprint density at radius 3 is 2.62 bits per heavy atom. The summed E-state index contributed by atoms with van der Waals surface area (Å²) in [6, 6.07) is 4.20. The third-order valence-corrected chi connectivity index (χ3v) is 13.0. The Labute approximate surface area is 246 Å². The first-order valence-corrected chi connectivity index (χ1v) is 16.5. The maximum Gasteiger partial charge on any atom is 0.302 e. The van der Waals surface area contributed by atoms with Crippen LogP contribution in [0.5, 0.6) is 0 Å². The van der Waals surface area contributed by atoms with Crippen molar-refractivity contribution < 1.29 is 19.1 Å². The van der Waals surface area contributed by atoms with Crippen molar-refractivity contribution in [2.75, 3.05) is 0 Å². The summed E-state index contributed by atoms with van der Waals surface area (Å²) in [5.74, 6) is 2.12. The number of ether oxygens (including phenoxy) is 1. The second-order valence-corrected chi connectivity index (χ2v) is 15.8. The Morgan fingerprint density at radius 2 is 1.95 bits per heavy atom. The summed E-state index contributed by atoms with van der Waals surface area (Å²) in [7, 11) is 0. The summed E-state index contributed by atoms with van der Waals surface area (Å²) >= 11 is 5.23. The number of ketones is 1. The minimum absolute atomic E-state index is 0.0199. The van der Waals surface area contributed by atoms with Crippen molar-refractivity contribution in [2.24, 2.45) is 40.4 Å². The fourth-order valence-electron chi connectivity index (χ4n) is 9.39. The zero-order valence-corrected chi connectivity index (χ0v) is 26.5. The van der Waals surface area contributed by atoms with Gasteiger partial charge in [0.2, 0.25) is 5.91 Å². The summed E-state index contributed by atoms with van der Waals surface area (Å²) in [4.78, 5) is 39.0. The average Bonchev–Trinajstić information content (AvgIpc) is 3.46. The van der Waals surface area contributed by atoms with Gasteiger partial charge in [0.1, 0.15) is 6.10 Å². The number of halogens is 1. The first kappa shape index (κ1) is 29.0. The highest BCUT2D eigenvalue weighted by atomic mass is 79.9. The van der Waals surface area contributed by atoms with Crippen LogP contribution in [0.15, 0.2) is 27.6 Å². The number of carbonyl (C=O) groups excluding carboxylic acids is 3. The van der Waals surface area contributed by atoms with Crippen LogP contribution in [0.25, 0.3) is 0 Å². The Hall–Kier alpha value is -1.47. The lowest BCUT2D eigenvalue weighted by atomic mass is 9.45. The average molecular weight is 619 g/mol. The Balaban J connectivity index is 1.33. The molecular weight excluding hydrogens is 574 g/mol. The van der Waals surface area contributed by atoms with E-state index in [4.69, 9.17) is 4.74 Å². The van der Waals surface area contributed by atoms with Crippen molar-refractivity contribution in [1.29, 1.82) is 0 Å². The van der Waals surface area contributed by atoms with Gasteiger partial charge in [-0.3, -0.25) is 14.4 Å². The van der Waals surface area contributed by atoms with Gasteiger partial charge in [0.15, 0.2) is 5.78 Å². The molecule has 1 heterocycles. The highest BCUT2D eigenvalue weighted by molar-refractivity contribution is 9.11. The van der Waals surface area contributed by atoms with Crippen LogP contribution < -0.4 is 5.32 Å². The van der Waals surface area contributed by atoms with Crippen LogP contribution in [0.2, 0.25) is 0 Å². The SMILES string of the molecule is CCC(NC(=O)C[C@@H](C)C1CC[C@H]2C3[C@H](OC(C)=O)CC4=CC(=O)CCC4(C)[C@H]3CCC12C)c1ccc(Br)s1. The molecule has 0 spiro atoms. The summed E-state index contributed by atoms with van der Waals surface area (Å²) in [5, 5.41) is 3.31. The molecule has 1 amide bonds. The largest absolute Gasteiger partial charge is 0.462 e. The summed E-state index contributed by atoms with van der Waals surface area (Å²) in [6.07, 6.45) is 9.85. The first-order valence-electron chi connectivity index (χ1n) is 14.9. The molecule has 0 aliphatic heterocycles. The molecule has 9 atom stereocenters. The van der Waals surface area contributed by atoms with E-state index in [0.717, 1.165) is 42.3 Å². The predicted octanol–water partition coefficient (Wildman–Crippen LogP) is 7.79. The number of hydrogen-bond donors (Lipinski definition) is 1. The zero-order chi connectivity index (χ0) is 28.1. The number of thiophene rings is 1. The van der Waals surface area contributed by atoms with Gasteiger partial charge in [0.05, 0.1) is 9.83 Å². The van der Waals surface area contributed by atoms with Crippen LogP contribution >= 0.6 is 27.3 Å². The van der Waals surface area contributed by atoms with Crippen molar-refractivity contribution in [2.45, 2.75) is 105 Å². The number of rotatable bonds is 7. The molecule has 7 heteroatoms. The van der Waals surface area contributed by atoms with E-state index in [1.807, 2.05) is 12.1 Å². The fraction of sp³-hybridized carbons (Fsp3) is 0.719. The van der Waals surface area contributed by atoms with Crippen LogP contribution in [-0.4, -0.2) is 23.8 Å². The van der Waals surface area contributed by atoms with Gasteiger partial charge in [-0.1, -0.05) is 33.3 Å². The molecule has 0 bridgehead atoms. The summed E-state index contributed by atoms with van der Waals surface area (Å²) in [5.41, 5.74) is 1.36. The van der Waals surface area contributed by atoms with Crippen LogP contribution in [0.4, 0.5) is 0 Å². The molecule has 0 radical (unpaired) electrons. The topological polar surface area (TPSA) is 72.5 Å². The predicted molar refractivity (Wildman–Crippen MR) is 158 cm³/mol. The molecule has 39 heavy (non-hydrogen) atoms. The smallest absolute Gasteiger partial charge is 0.302 e. The Morgan fingerprint density at radius 1 is 1.18 bits per heavy atom. The van der Waals surface area contributed by atoms with Gasteiger partial charge in [-0.05, 0) is 107 Å². The number of hydrogen-bond acceptors (Lipinski definition) is 5. The van der Waals surface area contributed by atoms with Gasteiger partial charge in [-0.15, -0.1) is 11.3 Å². The highest BCUT2D eigenvalue weighted by Crippen LogP contribution is 2.68. The number of esters is 1. The normalized spacial score (nSPS) is 37.1. The number of amides is 1. The van der Waals surface area contributed by atoms with Gasteiger partial charge < -0.3 is 10.1 Å². The molecule has 5 nitrogen and oxygen atoms in total. The summed E-state index contributed by atoms with van der Waals surface area (Å²) < 4.78 is 7.13. The van der Waals surface area contributed by atoms with E-state index in [0.29, 0.717) is 48.9 Å². The molecule has 4 aliphatic carbocycles. The Bertz CT molecular complexity index is 1160. The third-order valence-electron chi connectivity index (χ3n) is 11.2. The maximum absolute atomic E-state index is 13.2. The fourth-order valence-corrected chi connectivity index (χ4v) is 10.9. The van der Waals surface area contributed by atoms with Gasteiger partial charge in [0.25, 0.3) is 0 Å². The van der Waals surface area contributed by atoms with Crippen LogP contribution in [0.3, 0.4) is 0 Å². The first-order chi connectivity index (χ1) is 18.5. The van der Waals surface area contributed by atoms with Crippen LogP contribution in [0.1, 0.15) is 103 Å². The molecule has 0 aromatic carbocycles. The van der Waals surface area contributed by atoms with E-state index in [1.165, 1.54) is 17.4 Å². The van der Waals surface area contributed by atoms with Gasteiger partial charge in [-0.2, -0.15) is 0 Å². The monoisotopic (exact) mass is 617 g/mol. The lowest BCUT2D eigenvalue weighted by Crippen LogP contribution is -2.56. The molecule has 4 aliphatic rings. The van der Waals surface area contributed by atoms with Crippen molar-refractivity contribution in [3.63, 3.8) is 0 Å². The number of carbonyl (C=O) groups is 3. The van der Waals surface area contributed by atoms with Crippen molar-refractivity contribution in [3.05, 3.63) is 32.4 Å². The second-order valence-electron chi connectivity index (χ2n) is 13.3. The number of nitrogens with one attached hydrogen (secondary N) is 1. The maximum atomic E-state index is 13.2. The van der Waals surface area contributed by atoms with Crippen molar-refractivity contribution >= 4 is 44.9 Å². The van der Waals surface area contributed by atoms with E-state index in [-0.39, 0.29) is 40.6 Å². The lowest BCUT2D eigenvalue weighted by Gasteiger charge is -2.60. The second kappa shape index (κ2) is 11.1. The van der Waals surface area contributed by atoms with Crippen molar-refractivity contribution in [3.8, 4) is 0 Å². The molecule has 3 saturated carbocycles. The number of fused-ring (bicyclic) bond motifs is 5. The van der Waals surface area contributed by atoms with Gasteiger partial charge in [0, 0.05) is 37.0 Å². The minimum atomic E-state index is -0.222. The highest BCUT2D eigenvalue weighted by Gasteiger charge is 2.62. The zero-order valence-electron chi connectivity index (χ0n) is 24.1. The Kier molecular flexibility index (Phi) is 8.25. The molecule has 1 aromatic rings. The quantitative estimate of drug-likeness (QED) is 0.317. The van der Waals surface area contributed by atoms with E-state index in [9.17, 15) is 14.4 Å². The molecule has 5 rings (SSSR count). The van der Waals surface area contributed by atoms with Crippen LogP contribution in [-0.2, 0) is 19.1 Å². The molecule has 1 N–H and O–H groups in total. The van der Waals surface area contributed by atoms with E-state index in [1.54, 1.807) is 11.3 Å². The van der Waals surface area contributed by atoms with E-state index in [2.05, 4.69) is 55.0 Å². The molecule has 3 fully saturated rings. The third kappa shape index (κ3) is 5.31. The van der Waals surface area contributed by atoms with Crippen LogP contribution in [0, 0.1) is 40.4 Å². The lowest BCUT2D eigenvalue weighted by molar-refractivity contribution is -0.166. The standard InChI is InChI=1S/C32H44BrNO4S/c1-6-25(27-9-10-28(33)39-27)34-29(37)15-18(2)22-7-8-23-30-24(12-14-32(22,23)5)31(4)13-11-21(36)16-20(31)17-26(30)38-19(3)35/h9-10,16,18,22-26,30H,6-8,11-15,17H2,1-5H3,(H,34,37)/t18-,22?,23+,24+,25?,26-,30?,31?,32?/m1/s1. The molecule has 5 unspecified atom stereocenters. The van der Waals surface area contributed by atoms with Gasteiger partial charge >= 0.3 is 5.97 Å². The molecular formula is C32H44BrNO4S. The molecule has 214 valence electrons. The summed E-state index contributed by atoms with van der Waals surface area (Å²) in [6.45, 7) is 10.7. The molecule has 1 aromatic heterocycles. The van der Waals surface area contributed by atoms with E-state index < -0.39 is 0 Å². The van der Waals surface area contributed by atoms with E-state index >= 15 is 0 Å². The minimum Gasteiger partial charge on any atom is -0.462 e. The van der Waals surface area contributed by atoms with Gasteiger partial charge in [-0.25, -0.2) is 0 Å². The molecule has 0 saturated heterocycles. The van der Waals surface area contributed by atoms with Crippen molar-refractivity contribution in [1.82, 2.24) is 5.32 Å².